The molecule has 2 aromatic rings. The molecule has 1 aliphatic carbocycles. The van der Waals surface area contributed by atoms with E-state index in [1.807, 2.05) is 31.2 Å². The molecular weight excluding hydrogens is 332 g/mol. The Morgan fingerprint density at radius 3 is 2.65 bits per heavy atom. The minimum absolute atomic E-state index is 0.0666. The number of hydrogen-bond acceptors (Lipinski definition) is 5. The average molecular weight is 358 g/mol. The zero-order valence-electron chi connectivity index (χ0n) is 15.6. The Balaban J connectivity index is 1.59. The third kappa shape index (κ3) is 4.56. The smallest absolute Gasteiger partial charge is 0.220 e. The highest BCUT2D eigenvalue weighted by atomic mass is 16.5. The van der Waals surface area contributed by atoms with Gasteiger partial charge in [-0.2, -0.15) is 0 Å². The second-order valence-electron chi connectivity index (χ2n) is 6.79. The van der Waals surface area contributed by atoms with Crippen LogP contribution < -0.4 is 14.8 Å². The largest absolute Gasteiger partial charge is 0.493 e. The number of carbonyl (C=O) groups excluding carboxylic acids is 1. The lowest BCUT2D eigenvalue weighted by Gasteiger charge is -2.18. The van der Waals surface area contributed by atoms with E-state index in [0.29, 0.717) is 36.8 Å². The van der Waals surface area contributed by atoms with Crippen molar-refractivity contribution in [2.75, 3.05) is 20.8 Å². The van der Waals surface area contributed by atoms with E-state index >= 15 is 0 Å². The van der Waals surface area contributed by atoms with Crippen molar-refractivity contribution in [3.8, 4) is 11.5 Å². The summed E-state index contributed by atoms with van der Waals surface area (Å²) in [7, 11) is 3.26. The number of aryl methyl sites for hydroxylation is 1. The fraction of sp³-hybridized carbons (Fsp3) is 0.500. The molecule has 0 aliphatic heterocycles. The van der Waals surface area contributed by atoms with Gasteiger partial charge >= 0.3 is 0 Å². The monoisotopic (exact) mass is 358 g/mol. The molecule has 1 aromatic heterocycles. The summed E-state index contributed by atoms with van der Waals surface area (Å²) in [6.07, 6.45) is 3.50. The summed E-state index contributed by atoms with van der Waals surface area (Å²) < 4.78 is 15.8. The van der Waals surface area contributed by atoms with Crippen LogP contribution in [-0.2, 0) is 11.2 Å². The van der Waals surface area contributed by atoms with E-state index in [0.717, 1.165) is 17.0 Å². The summed E-state index contributed by atoms with van der Waals surface area (Å²) in [6.45, 7) is 2.42. The van der Waals surface area contributed by atoms with Crippen LogP contribution in [0.3, 0.4) is 0 Å². The van der Waals surface area contributed by atoms with Gasteiger partial charge in [0, 0.05) is 25.5 Å². The first kappa shape index (κ1) is 18.3. The highest BCUT2D eigenvalue weighted by Crippen LogP contribution is 2.46. The van der Waals surface area contributed by atoms with Gasteiger partial charge in [-0.25, -0.2) is 0 Å². The third-order valence-corrected chi connectivity index (χ3v) is 4.81. The molecule has 1 aromatic carbocycles. The number of hydrogen-bond donors (Lipinski definition) is 1. The number of amides is 1. The predicted molar refractivity (Wildman–Crippen MR) is 97.6 cm³/mol. The van der Waals surface area contributed by atoms with E-state index in [2.05, 4.69) is 10.5 Å². The average Bonchev–Trinajstić information content (AvgIpc) is 3.41. The van der Waals surface area contributed by atoms with Crippen molar-refractivity contribution in [3.05, 3.63) is 41.3 Å². The van der Waals surface area contributed by atoms with Gasteiger partial charge in [0.2, 0.25) is 5.91 Å². The highest BCUT2D eigenvalue weighted by molar-refractivity contribution is 5.77. The lowest BCUT2D eigenvalue weighted by atomic mass is 9.90. The molecule has 1 unspecified atom stereocenters. The standard InChI is InChI=1S/C20H26N2O4/c1-13-10-16(22-26-13)8-9-21-20(23)12-17(14-4-5-14)15-6-7-18(24-2)19(11-15)25-3/h6-7,10-11,14,17H,4-5,8-9,12H2,1-3H3,(H,21,23). The number of aromatic nitrogens is 1. The van der Waals surface area contributed by atoms with Crippen LogP contribution in [-0.4, -0.2) is 31.8 Å². The molecule has 26 heavy (non-hydrogen) atoms. The normalized spacial score (nSPS) is 14.7. The number of benzene rings is 1. The summed E-state index contributed by atoms with van der Waals surface area (Å²) in [5.41, 5.74) is 1.99. The van der Waals surface area contributed by atoms with E-state index in [4.69, 9.17) is 14.0 Å². The van der Waals surface area contributed by atoms with Crippen molar-refractivity contribution in [1.82, 2.24) is 10.5 Å². The molecule has 6 nitrogen and oxygen atoms in total. The van der Waals surface area contributed by atoms with Gasteiger partial charge in [0.15, 0.2) is 11.5 Å². The van der Waals surface area contributed by atoms with Crippen LogP contribution >= 0.6 is 0 Å². The lowest BCUT2D eigenvalue weighted by Crippen LogP contribution is -2.27. The van der Waals surface area contributed by atoms with Crippen molar-refractivity contribution < 1.29 is 18.8 Å². The van der Waals surface area contributed by atoms with Gasteiger partial charge in [0.25, 0.3) is 0 Å². The quantitative estimate of drug-likeness (QED) is 0.745. The predicted octanol–water partition coefficient (Wildman–Crippen LogP) is 3.24. The van der Waals surface area contributed by atoms with Crippen molar-refractivity contribution in [2.24, 2.45) is 5.92 Å². The molecular formula is C20H26N2O4. The zero-order valence-corrected chi connectivity index (χ0v) is 15.6. The fourth-order valence-electron chi connectivity index (χ4n) is 3.28. The number of ether oxygens (including phenoxy) is 2. The molecule has 0 bridgehead atoms. The molecule has 1 atom stereocenters. The van der Waals surface area contributed by atoms with E-state index in [1.165, 1.54) is 12.8 Å². The molecule has 1 saturated carbocycles. The van der Waals surface area contributed by atoms with Gasteiger partial charge in [-0.05, 0) is 49.3 Å². The highest BCUT2D eigenvalue weighted by Gasteiger charge is 2.34. The number of methoxy groups -OCH3 is 2. The minimum Gasteiger partial charge on any atom is -0.493 e. The first-order valence-corrected chi connectivity index (χ1v) is 9.01. The van der Waals surface area contributed by atoms with Crippen molar-refractivity contribution in [1.29, 1.82) is 0 Å². The lowest BCUT2D eigenvalue weighted by molar-refractivity contribution is -0.121. The van der Waals surface area contributed by atoms with Gasteiger partial charge in [0.1, 0.15) is 5.76 Å². The SMILES string of the molecule is COc1ccc(C(CC(=O)NCCc2cc(C)on2)C2CC2)cc1OC. The molecule has 140 valence electrons. The van der Waals surface area contributed by atoms with Crippen LogP contribution in [0.1, 0.15) is 42.2 Å². The van der Waals surface area contributed by atoms with Crippen LogP contribution in [0.15, 0.2) is 28.8 Å². The van der Waals surface area contributed by atoms with Crippen molar-refractivity contribution in [3.63, 3.8) is 0 Å². The number of nitrogens with zero attached hydrogens (tertiary/aromatic N) is 1. The maximum Gasteiger partial charge on any atom is 0.220 e. The number of nitrogens with one attached hydrogen (secondary N) is 1. The van der Waals surface area contributed by atoms with Crippen molar-refractivity contribution >= 4 is 5.91 Å². The molecule has 0 spiro atoms. The second-order valence-corrected chi connectivity index (χ2v) is 6.79. The number of carbonyl (C=O) groups is 1. The Kier molecular flexibility index (Phi) is 5.81. The second kappa shape index (κ2) is 8.25. The maximum atomic E-state index is 12.4. The first-order valence-electron chi connectivity index (χ1n) is 9.01. The molecule has 0 radical (unpaired) electrons. The summed E-state index contributed by atoms with van der Waals surface area (Å²) in [4.78, 5) is 12.4. The van der Waals surface area contributed by atoms with Gasteiger partial charge in [-0.15, -0.1) is 0 Å². The molecule has 1 N–H and O–H groups in total. The van der Waals surface area contributed by atoms with Gasteiger partial charge < -0.3 is 19.3 Å². The number of rotatable bonds is 9. The van der Waals surface area contributed by atoms with Gasteiger partial charge in [0.05, 0.1) is 19.9 Å². The van der Waals surface area contributed by atoms with Crippen LogP contribution in [0.5, 0.6) is 11.5 Å². The van der Waals surface area contributed by atoms with Crippen LogP contribution in [0.4, 0.5) is 0 Å². The van der Waals surface area contributed by atoms with Crippen LogP contribution in [0.25, 0.3) is 0 Å². The molecule has 1 fully saturated rings. The zero-order chi connectivity index (χ0) is 18.5. The first-order chi connectivity index (χ1) is 12.6. The molecule has 1 heterocycles. The summed E-state index contributed by atoms with van der Waals surface area (Å²) in [5, 5.41) is 6.94. The Hall–Kier alpha value is -2.50. The van der Waals surface area contributed by atoms with E-state index < -0.39 is 0 Å². The van der Waals surface area contributed by atoms with E-state index in [1.54, 1.807) is 14.2 Å². The molecule has 1 aliphatic rings. The van der Waals surface area contributed by atoms with Crippen LogP contribution in [0, 0.1) is 12.8 Å². The Labute approximate surface area is 153 Å². The Morgan fingerprint density at radius 2 is 2.04 bits per heavy atom. The summed E-state index contributed by atoms with van der Waals surface area (Å²) in [5.74, 6) is 3.04. The molecule has 3 rings (SSSR count). The topological polar surface area (TPSA) is 73.6 Å². The molecule has 1 amide bonds. The van der Waals surface area contributed by atoms with Crippen LogP contribution in [0.2, 0.25) is 0 Å². The summed E-state index contributed by atoms with van der Waals surface area (Å²) >= 11 is 0. The molecule has 0 saturated heterocycles. The molecule has 6 heteroatoms. The van der Waals surface area contributed by atoms with Crippen molar-refractivity contribution in [2.45, 2.75) is 38.5 Å². The Morgan fingerprint density at radius 1 is 1.27 bits per heavy atom. The Bertz CT molecular complexity index is 752. The summed E-state index contributed by atoms with van der Waals surface area (Å²) in [6, 6.07) is 7.83. The van der Waals surface area contributed by atoms with Gasteiger partial charge in [-0.1, -0.05) is 11.2 Å². The van der Waals surface area contributed by atoms with E-state index in [9.17, 15) is 4.79 Å². The third-order valence-electron chi connectivity index (χ3n) is 4.81. The van der Waals surface area contributed by atoms with E-state index in [-0.39, 0.29) is 11.8 Å². The minimum atomic E-state index is 0.0666. The maximum absolute atomic E-state index is 12.4. The van der Waals surface area contributed by atoms with Gasteiger partial charge in [-0.3, -0.25) is 4.79 Å². The fourth-order valence-corrected chi connectivity index (χ4v) is 3.28.